The summed E-state index contributed by atoms with van der Waals surface area (Å²) in [4.78, 5) is 23.2. The number of hydrogen-bond acceptors (Lipinski definition) is 2. The quantitative estimate of drug-likeness (QED) is 0.797. The van der Waals surface area contributed by atoms with E-state index in [1.807, 2.05) is 39.0 Å². The molecule has 0 aliphatic heterocycles. The Morgan fingerprint density at radius 2 is 1.58 bits per heavy atom. The van der Waals surface area contributed by atoms with E-state index in [1.165, 1.54) is 0 Å². The number of rotatable bonds is 5. The van der Waals surface area contributed by atoms with Crippen LogP contribution in [0.15, 0.2) is 30.3 Å². The van der Waals surface area contributed by atoms with Gasteiger partial charge in [0.25, 0.3) is 5.91 Å². The summed E-state index contributed by atoms with van der Waals surface area (Å²) in [6.07, 6.45) is 0.486. The fourth-order valence-electron chi connectivity index (χ4n) is 1.61. The maximum atomic E-state index is 11.7. The Hall–Kier alpha value is -1.84. The van der Waals surface area contributed by atoms with Crippen LogP contribution < -0.4 is 10.6 Å². The molecule has 0 aliphatic rings. The van der Waals surface area contributed by atoms with Crippen LogP contribution in [0.4, 0.5) is 0 Å². The highest BCUT2D eigenvalue weighted by Gasteiger charge is 2.15. The van der Waals surface area contributed by atoms with Crippen molar-refractivity contribution in [3.63, 3.8) is 0 Å². The summed E-state index contributed by atoms with van der Waals surface area (Å²) in [5.74, 6) is -0.105. The minimum absolute atomic E-state index is 0.0152. The van der Waals surface area contributed by atoms with Crippen molar-refractivity contribution in [3.8, 4) is 0 Å². The smallest absolute Gasteiger partial charge is 0.251 e. The average molecular weight is 262 g/mol. The van der Waals surface area contributed by atoms with E-state index in [1.54, 1.807) is 12.1 Å². The zero-order chi connectivity index (χ0) is 14.3. The second kappa shape index (κ2) is 6.92. The Bertz CT molecular complexity index is 422. The van der Waals surface area contributed by atoms with Crippen molar-refractivity contribution in [2.45, 2.75) is 27.2 Å². The fourth-order valence-corrected chi connectivity index (χ4v) is 1.61. The van der Waals surface area contributed by atoms with E-state index in [9.17, 15) is 9.59 Å². The van der Waals surface area contributed by atoms with Crippen LogP contribution >= 0.6 is 0 Å². The molecule has 0 saturated carbocycles. The molecule has 19 heavy (non-hydrogen) atoms. The lowest BCUT2D eigenvalue weighted by Crippen LogP contribution is -2.35. The summed E-state index contributed by atoms with van der Waals surface area (Å²) in [6.45, 7) is 6.94. The lowest BCUT2D eigenvalue weighted by Gasteiger charge is -2.17. The van der Waals surface area contributed by atoms with Crippen LogP contribution in [0.5, 0.6) is 0 Å². The van der Waals surface area contributed by atoms with Gasteiger partial charge in [-0.1, -0.05) is 39.0 Å². The molecule has 0 atom stereocenters. The number of nitrogens with one attached hydrogen (secondary N) is 2. The van der Waals surface area contributed by atoms with E-state index >= 15 is 0 Å². The highest BCUT2D eigenvalue weighted by Crippen LogP contribution is 2.17. The molecule has 1 aromatic carbocycles. The molecule has 0 saturated heterocycles. The van der Waals surface area contributed by atoms with Gasteiger partial charge in [0.05, 0.1) is 0 Å². The molecule has 0 aliphatic carbocycles. The molecule has 4 heteroatoms. The molecule has 0 unspecified atom stereocenters. The van der Waals surface area contributed by atoms with Gasteiger partial charge in [-0.25, -0.2) is 0 Å². The molecule has 4 nitrogen and oxygen atoms in total. The van der Waals surface area contributed by atoms with E-state index in [0.717, 1.165) is 0 Å². The normalized spacial score (nSPS) is 10.9. The number of hydrogen-bond donors (Lipinski definition) is 2. The van der Waals surface area contributed by atoms with Gasteiger partial charge in [-0.15, -0.1) is 0 Å². The Labute approximate surface area is 114 Å². The van der Waals surface area contributed by atoms with Crippen molar-refractivity contribution < 1.29 is 9.59 Å². The SMILES string of the molecule is CC(C)(C)CC(=O)NCCNC(=O)c1ccccc1. The zero-order valence-electron chi connectivity index (χ0n) is 11.8. The van der Waals surface area contributed by atoms with Gasteiger partial charge in [0.2, 0.25) is 5.91 Å². The molecule has 2 amide bonds. The Balaban J connectivity index is 2.21. The molecule has 0 bridgehead atoms. The van der Waals surface area contributed by atoms with Crippen molar-refractivity contribution in [3.05, 3.63) is 35.9 Å². The van der Waals surface area contributed by atoms with Gasteiger partial charge in [-0.2, -0.15) is 0 Å². The molecule has 0 heterocycles. The van der Waals surface area contributed by atoms with Gasteiger partial charge in [0.1, 0.15) is 0 Å². The van der Waals surface area contributed by atoms with Gasteiger partial charge >= 0.3 is 0 Å². The van der Waals surface area contributed by atoms with Crippen LogP contribution in [-0.2, 0) is 4.79 Å². The molecule has 0 spiro atoms. The van der Waals surface area contributed by atoms with Crippen LogP contribution in [0.2, 0.25) is 0 Å². The number of amides is 2. The molecule has 0 aromatic heterocycles. The molecule has 2 N–H and O–H groups in total. The number of carbonyl (C=O) groups is 2. The monoisotopic (exact) mass is 262 g/mol. The minimum Gasteiger partial charge on any atom is -0.354 e. The lowest BCUT2D eigenvalue weighted by molar-refractivity contribution is -0.122. The third kappa shape index (κ3) is 6.60. The minimum atomic E-state index is -0.120. The standard InChI is InChI=1S/C15H22N2O2/c1-15(2,3)11-13(18)16-9-10-17-14(19)12-7-5-4-6-8-12/h4-8H,9-11H2,1-3H3,(H,16,18)(H,17,19). The molecule has 1 rings (SSSR count). The first-order chi connectivity index (χ1) is 8.88. The molecular weight excluding hydrogens is 240 g/mol. The van der Waals surface area contributed by atoms with E-state index < -0.39 is 0 Å². The summed E-state index contributed by atoms with van der Waals surface area (Å²) in [7, 11) is 0. The van der Waals surface area contributed by atoms with Crippen LogP contribution in [-0.4, -0.2) is 24.9 Å². The lowest BCUT2D eigenvalue weighted by atomic mass is 9.92. The van der Waals surface area contributed by atoms with E-state index in [0.29, 0.717) is 25.1 Å². The molecule has 1 aromatic rings. The number of carbonyl (C=O) groups excluding carboxylic acids is 2. The summed E-state index contributed by atoms with van der Waals surface area (Å²) >= 11 is 0. The first-order valence-electron chi connectivity index (χ1n) is 6.48. The highest BCUT2D eigenvalue weighted by molar-refractivity contribution is 5.94. The van der Waals surface area contributed by atoms with Crippen LogP contribution in [0.1, 0.15) is 37.6 Å². The van der Waals surface area contributed by atoms with Gasteiger partial charge in [-0.3, -0.25) is 9.59 Å². The van der Waals surface area contributed by atoms with Gasteiger partial charge in [-0.05, 0) is 17.5 Å². The Kier molecular flexibility index (Phi) is 5.55. The molecule has 104 valence electrons. The second-order valence-corrected chi connectivity index (χ2v) is 5.71. The summed E-state index contributed by atoms with van der Waals surface area (Å²) < 4.78 is 0. The highest BCUT2D eigenvalue weighted by atomic mass is 16.2. The first-order valence-corrected chi connectivity index (χ1v) is 6.48. The predicted molar refractivity (Wildman–Crippen MR) is 75.9 cm³/mol. The average Bonchev–Trinajstić information content (AvgIpc) is 2.33. The molecule has 0 radical (unpaired) electrons. The maximum Gasteiger partial charge on any atom is 0.251 e. The zero-order valence-corrected chi connectivity index (χ0v) is 11.8. The van der Waals surface area contributed by atoms with E-state index in [4.69, 9.17) is 0 Å². The summed E-state index contributed by atoms with van der Waals surface area (Å²) in [5, 5.41) is 5.56. The van der Waals surface area contributed by atoms with E-state index in [2.05, 4.69) is 10.6 Å². The largest absolute Gasteiger partial charge is 0.354 e. The number of benzene rings is 1. The third-order valence-electron chi connectivity index (χ3n) is 2.46. The van der Waals surface area contributed by atoms with Crippen LogP contribution in [0.25, 0.3) is 0 Å². The molecule has 0 fully saturated rings. The predicted octanol–water partition coefficient (Wildman–Crippen LogP) is 1.97. The topological polar surface area (TPSA) is 58.2 Å². The van der Waals surface area contributed by atoms with Crippen LogP contribution in [0.3, 0.4) is 0 Å². The van der Waals surface area contributed by atoms with Gasteiger partial charge in [0, 0.05) is 25.1 Å². The van der Waals surface area contributed by atoms with Crippen LogP contribution in [0, 0.1) is 5.41 Å². The van der Waals surface area contributed by atoms with Crippen molar-refractivity contribution in [1.29, 1.82) is 0 Å². The van der Waals surface area contributed by atoms with Gasteiger partial charge in [0.15, 0.2) is 0 Å². The first kappa shape index (κ1) is 15.2. The van der Waals surface area contributed by atoms with Crippen molar-refractivity contribution in [2.75, 3.05) is 13.1 Å². The second-order valence-electron chi connectivity index (χ2n) is 5.71. The Morgan fingerprint density at radius 1 is 1.00 bits per heavy atom. The van der Waals surface area contributed by atoms with Crippen molar-refractivity contribution in [2.24, 2.45) is 5.41 Å². The fraction of sp³-hybridized carbons (Fsp3) is 0.467. The Morgan fingerprint density at radius 3 is 2.16 bits per heavy atom. The molecular formula is C15H22N2O2. The van der Waals surface area contributed by atoms with E-state index in [-0.39, 0.29) is 17.2 Å². The summed E-state index contributed by atoms with van der Waals surface area (Å²) in [6, 6.07) is 9.02. The maximum absolute atomic E-state index is 11.7. The van der Waals surface area contributed by atoms with Gasteiger partial charge < -0.3 is 10.6 Å². The van der Waals surface area contributed by atoms with Crippen molar-refractivity contribution in [1.82, 2.24) is 10.6 Å². The van der Waals surface area contributed by atoms with Crippen molar-refractivity contribution >= 4 is 11.8 Å². The summed E-state index contributed by atoms with van der Waals surface area (Å²) in [5.41, 5.74) is 0.612. The third-order valence-corrected chi connectivity index (χ3v) is 2.46.